The number of ether oxygens (including phenoxy) is 1. The van der Waals surface area contributed by atoms with Crippen molar-refractivity contribution in [2.24, 2.45) is 0 Å². The standard InChI is InChI=1S/C24H26N2O4S/c1-17-11-13-20(14-12-17)31(28,29)26-22-9-6-8-21(19(22)3)24(27)25-15-16-30-23-10-5-4-7-18(23)2/h4-14,26H,15-16H2,1-3H3,(H,25,27). The monoisotopic (exact) mass is 438 g/mol. The number of hydrogen-bond acceptors (Lipinski definition) is 4. The van der Waals surface area contributed by atoms with Crippen molar-refractivity contribution < 1.29 is 17.9 Å². The van der Waals surface area contributed by atoms with Gasteiger partial charge in [-0.25, -0.2) is 8.42 Å². The zero-order valence-electron chi connectivity index (χ0n) is 17.8. The highest BCUT2D eigenvalue weighted by molar-refractivity contribution is 7.92. The molecule has 0 aliphatic heterocycles. The number of amides is 1. The van der Waals surface area contributed by atoms with Crippen LogP contribution in [0.5, 0.6) is 5.75 Å². The number of rotatable bonds is 8. The van der Waals surface area contributed by atoms with Crippen LogP contribution in [0, 0.1) is 20.8 Å². The van der Waals surface area contributed by atoms with E-state index in [1.165, 1.54) is 0 Å². The minimum atomic E-state index is -3.75. The van der Waals surface area contributed by atoms with Crippen LogP contribution >= 0.6 is 0 Å². The Bertz CT molecular complexity index is 1170. The van der Waals surface area contributed by atoms with Crippen molar-refractivity contribution >= 4 is 21.6 Å². The van der Waals surface area contributed by atoms with Crippen LogP contribution in [-0.2, 0) is 10.0 Å². The number of sulfonamides is 1. The molecule has 0 aromatic heterocycles. The predicted octanol–water partition coefficient (Wildman–Crippen LogP) is 4.22. The van der Waals surface area contributed by atoms with E-state index in [0.29, 0.717) is 30.0 Å². The molecule has 0 heterocycles. The molecule has 2 N–H and O–H groups in total. The van der Waals surface area contributed by atoms with Crippen molar-refractivity contribution in [1.82, 2.24) is 5.32 Å². The van der Waals surface area contributed by atoms with Crippen LogP contribution in [0.3, 0.4) is 0 Å². The molecule has 0 bridgehead atoms. The van der Waals surface area contributed by atoms with E-state index in [4.69, 9.17) is 4.74 Å². The first kappa shape index (κ1) is 22.4. The van der Waals surface area contributed by atoms with E-state index >= 15 is 0 Å². The van der Waals surface area contributed by atoms with E-state index in [2.05, 4.69) is 10.0 Å². The van der Waals surface area contributed by atoms with Gasteiger partial charge in [0.25, 0.3) is 15.9 Å². The number of carbonyl (C=O) groups excluding carboxylic acids is 1. The van der Waals surface area contributed by atoms with Crippen LogP contribution in [0.15, 0.2) is 71.6 Å². The first-order valence-electron chi connectivity index (χ1n) is 9.93. The van der Waals surface area contributed by atoms with Gasteiger partial charge in [-0.3, -0.25) is 9.52 Å². The lowest BCUT2D eigenvalue weighted by atomic mass is 10.1. The molecule has 3 aromatic carbocycles. The normalized spacial score (nSPS) is 11.1. The lowest BCUT2D eigenvalue weighted by molar-refractivity contribution is 0.0946. The van der Waals surface area contributed by atoms with Gasteiger partial charge in [-0.05, 0) is 62.2 Å². The van der Waals surface area contributed by atoms with Gasteiger partial charge in [-0.15, -0.1) is 0 Å². The Kier molecular flexibility index (Phi) is 6.97. The van der Waals surface area contributed by atoms with Crippen LogP contribution in [0.25, 0.3) is 0 Å². The summed E-state index contributed by atoms with van der Waals surface area (Å²) in [6, 6.07) is 19.2. The average Bonchev–Trinajstić information content (AvgIpc) is 2.74. The Labute approximate surface area is 183 Å². The third-order valence-corrected chi connectivity index (χ3v) is 6.27. The SMILES string of the molecule is Cc1ccc(S(=O)(=O)Nc2cccc(C(=O)NCCOc3ccccc3C)c2C)cc1. The summed E-state index contributed by atoms with van der Waals surface area (Å²) in [6.07, 6.45) is 0. The molecule has 162 valence electrons. The van der Waals surface area contributed by atoms with Crippen molar-refractivity contribution in [1.29, 1.82) is 0 Å². The molecule has 0 aliphatic carbocycles. The van der Waals surface area contributed by atoms with Gasteiger partial charge >= 0.3 is 0 Å². The molecule has 0 atom stereocenters. The van der Waals surface area contributed by atoms with Crippen LogP contribution in [-0.4, -0.2) is 27.5 Å². The van der Waals surface area contributed by atoms with Crippen molar-refractivity contribution in [2.45, 2.75) is 25.7 Å². The van der Waals surface area contributed by atoms with Gasteiger partial charge in [0.1, 0.15) is 12.4 Å². The molecular weight excluding hydrogens is 412 g/mol. The van der Waals surface area contributed by atoms with Gasteiger partial charge in [0.05, 0.1) is 17.1 Å². The summed E-state index contributed by atoms with van der Waals surface area (Å²) in [7, 11) is -3.75. The highest BCUT2D eigenvalue weighted by Gasteiger charge is 2.18. The first-order valence-corrected chi connectivity index (χ1v) is 11.4. The summed E-state index contributed by atoms with van der Waals surface area (Å²) in [5.41, 5.74) is 3.32. The Morgan fingerprint density at radius 1 is 0.903 bits per heavy atom. The largest absolute Gasteiger partial charge is 0.491 e. The van der Waals surface area contributed by atoms with Gasteiger partial charge in [0.2, 0.25) is 0 Å². The third-order valence-electron chi connectivity index (χ3n) is 4.89. The molecule has 0 aliphatic rings. The van der Waals surface area contributed by atoms with Gasteiger partial charge in [0.15, 0.2) is 0 Å². The Balaban J connectivity index is 1.65. The summed E-state index contributed by atoms with van der Waals surface area (Å²) in [4.78, 5) is 12.8. The van der Waals surface area contributed by atoms with E-state index in [1.54, 1.807) is 49.4 Å². The molecule has 1 amide bonds. The number of para-hydroxylation sites is 1. The Morgan fingerprint density at radius 3 is 2.32 bits per heavy atom. The quantitative estimate of drug-likeness (QED) is 0.516. The summed E-state index contributed by atoms with van der Waals surface area (Å²) in [5, 5.41) is 2.82. The van der Waals surface area contributed by atoms with Crippen LogP contribution in [0.4, 0.5) is 5.69 Å². The third kappa shape index (κ3) is 5.64. The Hall–Kier alpha value is -3.32. The van der Waals surface area contributed by atoms with Gasteiger partial charge < -0.3 is 10.1 Å². The highest BCUT2D eigenvalue weighted by atomic mass is 32.2. The minimum Gasteiger partial charge on any atom is -0.491 e. The average molecular weight is 439 g/mol. The second-order valence-electron chi connectivity index (χ2n) is 7.27. The first-order chi connectivity index (χ1) is 14.8. The number of aryl methyl sites for hydroxylation is 2. The zero-order valence-corrected chi connectivity index (χ0v) is 18.6. The molecule has 3 rings (SSSR count). The van der Waals surface area contributed by atoms with E-state index in [0.717, 1.165) is 16.9 Å². The predicted molar refractivity (Wildman–Crippen MR) is 122 cm³/mol. The van der Waals surface area contributed by atoms with E-state index in [1.807, 2.05) is 38.1 Å². The molecule has 0 fully saturated rings. The van der Waals surface area contributed by atoms with Crippen LogP contribution in [0.1, 0.15) is 27.0 Å². The summed E-state index contributed by atoms with van der Waals surface area (Å²) in [5.74, 6) is 0.489. The molecule has 3 aromatic rings. The zero-order chi connectivity index (χ0) is 22.4. The molecule has 0 saturated carbocycles. The van der Waals surface area contributed by atoms with Crippen molar-refractivity contribution in [3.63, 3.8) is 0 Å². The molecular formula is C24H26N2O4S. The van der Waals surface area contributed by atoms with E-state index < -0.39 is 10.0 Å². The number of nitrogens with one attached hydrogen (secondary N) is 2. The fourth-order valence-corrected chi connectivity index (χ4v) is 4.18. The van der Waals surface area contributed by atoms with Gasteiger partial charge in [0, 0.05) is 5.56 Å². The summed E-state index contributed by atoms with van der Waals surface area (Å²) in [6.45, 7) is 6.22. The van der Waals surface area contributed by atoms with Crippen LogP contribution < -0.4 is 14.8 Å². The maximum Gasteiger partial charge on any atom is 0.261 e. The lowest BCUT2D eigenvalue weighted by Crippen LogP contribution is -2.29. The van der Waals surface area contributed by atoms with E-state index in [-0.39, 0.29) is 10.8 Å². The topological polar surface area (TPSA) is 84.5 Å². The molecule has 0 saturated heterocycles. The fraction of sp³-hybridized carbons (Fsp3) is 0.208. The van der Waals surface area contributed by atoms with Crippen LogP contribution in [0.2, 0.25) is 0 Å². The molecule has 0 radical (unpaired) electrons. The maximum absolute atomic E-state index is 12.7. The summed E-state index contributed by atoms with van der Waals surface area (Å²) >= 11 is 0. The molecule has 0 spiro atoms. The summed E-state index contributed by atoms with van der Waals surface area (Å²) < 4.78 is 33.7. The molecule has 6 nitrogen and oxygen atoms in total. The second-order valence-corrected chi connectivity index (χ2v) is 8.95. The number of hydrogen-bond donors (Lipinski definition) is 2. The van der Waals surface area contributed by atoms with Crippen molar-refractivity contribution in [3.8, 4) is 5.75 Å². The lowest BCUT2D eigenvalue weighted by Gasteiger charge is -2.14. The van der Waals surface area contributed by atoms with Gasteiger partial charge in [-0.2, -0.15) is 0 Å². The fourth-order valence-electron chi connectivity index (χ4n) is 3.05. The molecule has 7 heteroatoms. The molecule has 0 unspecified atom stereocenters. The maximum atomic E-state index is 12.7. The minimum absolute atomic E-state index is 0.167. The smallest absolute Gasteiger partial charge is 0.261 e. The van der Waals surface area contributed by atoms with Crippen molar-refractivity contribution in [3.05, 3.63) is 89.0 Å². The number of anilines is 1. The number of carbonyl (C=O) groups is 1. The number of benzene rings is 3. The Morgan fingerprint density at radius 2 is 1.61 bits per heavy atom. The van der Waals surface area contributed by atoms with E-state index in [9.17, 15) is 13.2 Å². The van der Waals surface area contributed by atoms with Gasteiger partial charge in [-0.1, -0.05) is 42.0 Å². The van der Waals surface area contributed by atoms with Crippen molar-refractivity contribution in [2.75, 3.05) is 17.9 Å². The molecule has 31 heavy (non-hydrogen) atoms. The second kappa shape index (κ2) is 9.66. The highest BCUT2D eigenvalue weighted by Crippen LogP contribution is 2.23.